The van der Waals surface area contributed by atoms with E-state index in [0.717, 1.165) is 20.0 Å². The fourth-order valence-electron chi connectivity index (χ4n) is 2.03. The van der Waals surface area contributed by atoms with E-state index in [1.807, 2.05) is 49.1 Å². The second kappa shape index (κ2) is 9.30. The molecule has 0 N–H and O–H groups in total. The summed E-state index contributed by atoms with van der Waals surface area (Å²) < 4.78 is 1.82. The third-order valence-electron chi connectivity index (χ3n) is 3.19. The van der Waals surface area contributed by atoms with E-state index in [1.165, 1.54) is 11.8 Å². The van der Waals surface area contributed by atoms with E-state index in [4.69, 9.17) is 0 Å². The van der Waals surface area contributed by atoms with Crippen molar-refractivity contribution in [2.24, 2.45) is 0 Å². The molecule has 2 rings (SSSR count). The zero-order valence-electron chi connectivity index (χ0n) is 13.6. The summed E-state index contributed by atoms with van der Waals surface area (Å²) in [4.78, 5) is 14.6. The molecule has 1 aromatic carbocycles. The van der Waals surface area contributed by atoms with Gasteiger partial charge in [0.25, 0.3) is 0 Å². The van der Waals surface area contributed by atoms with Crippen LogP contribution in [0.4, 0.5) is 0 Å². The van der Waals surface area contributed by atoms with Gasteiger partial charge in [-0.25, -0.2) is 0 Å². The Morgan fingerprint density at radius 2 is 1.91 bits per heavy atom. The minimum absolute atomic E-state index is 0.140. The smallest absolute Gasteiger partial charge is 0.236 e. The topological polar surface area (TPSA) is 46.1 Å². The molecule has 1 unspecified atom stereocenters. The van der Waals surface area contributed by atoms with Gasteiger partial charge in [-0.15, -0.1) is 10.2 Å². The molecular weight excluding hydrogens is 346 g/mol. The third kappa shape index (κ3) is 5.51. The largest absolute Gasteiger partial charge is 0.338 e. The standard InChI is InChI=1S/C16H21N3OS3/c1-4-19(11-13-9-7-6-8-10-13)14(20)12(3)22-16-18-17-15(23-16)21-5-2/h6-10,12H,4-5,11H2,1-3H3. The molecule has 1 heterocycles. The van der Waals surface area contributed by atoms with Gasteiger partial charge in [0.2, 0.25) is 5.91 Å². The van der Waals surface area contributed by atoms with Crippen molar-refractivity contribution in [3.8, 4) is 0 Å². The molecule has 0 aliphatic carbocycles. The van der Waals surface area contributed by atoms with Crippen LogP contribution in [-0.4, -0.2) is 38.6 Å². The summed E-state index contributed by atoms with van der Waals surface area (Å²) in [6, 6.07) is 10.1. The van der Waals surface area contributed by atoms with E-state index in [1.54, 1.807) is 23.1 Å². The lowest BCUT2D eigenvalue weighted by Gasteiger charge is -2.23. The molecule has 1 atom stereocenters. The summed E-state index contributed by atoms with van der Waals surface area (Å²) in [5.74, 6) is 1.12. The highest BCUT2D eigenvalue weighted by atomic mass is 32.2. The van der Waals surface area contributed by atoms with E-state index >= 15 is 0 Å². The highest BCUT2D eigenvalue weighted by molar-refractivity contribution is 8.03. The van der Waals surface area contributed by atoms with Crippen LogP contribution in [0.15, 0.2) is 39.0 Å². The van der Waals surface area contributed by atoms with Crippen LogP contribution in [0.1, 0.15) is 26.3 Å². The van der Waals surface area contributed by atoms with Crippen molar-refractivity contribution in [1.82, 2.24) is 15.1 Å². The Balaban J connectivity index is 1.96. The predicted octanol–water partition coefficient (Wildman–Crippen LogP) is 4.18. The van der Waals surface area contributed by atoms with Crippen LogP contribution in [0, 0.1) is 0 Å². The van der Waals surface area contributed by atoms with Crippen molar-refractivity contribution < 1.29 is 4.79 Å². The predicted molar refractivity (Wildman–Crippen MR) is 99.2 cm³/mol. The lowest BCUT2D eigenvalue weighted by atomic mass is 10.2. The number of benzene rings is 1. The van der Waals surface area contributed by atoms with Crippen LogP contribution in [0.3, 0.4) is 0 Å². The van der Waals surface area contributed by atoms with Gasteiger partial charge >= 0.3 is 0 Å². The number of rotatable bonds is 8. The first kappa shape index (κ1) is 18.3. The second-order valence-corrected chi connectivity index (χ2v) is 8.94. The SMILES string of the molecule is CCSc1nnc(SC(C)C(=O)N(CC)Cc2ccccc2)s1. The first-order valence-electron chi connectivity index (χ1n) is 7.59. The van der Waals surface area contributed by atoms with Gasteiger partial charge in [-0.05, 0) is 25.2 Å². The van der Waals surface area contributed by atoms with Crippen LogP contribution in [-0.2, 0) is 11.3 Å². The molecule has 0 fully saturated rings. The minimum atomic E-state index is -0.161. The van der Waals surface area contributed by atoms with E-state index in [9.17, 15) is 4.79 Å². The molecule has 1 aromatic heterocycles. The molecule has 7 heteroatoms. The zero-order valence-corrected chi connectivity index (χ0v) is 16.0. The fraction of sp³-hybridized carbons (Fsp3) is 0.438. The molecular formula is C16H21N3OS3. The van der Waals surface area contributed by atoms with E-state index in [-0.39, 0.29) is 11.2 Å². The van der Waals surface area contributed by atoms with Crippen LogP contribution in [0.5, 0.6) is 0 Å². The van der Waals surface area contributed by atoms with E-state index in [2.05, 4.69) is 17.1 Å². The Bertz CT molecular complexity index is 618. The zero-order chi connectivity index (χ0) is 16.7. The molecule has 124 valence electrons. The number of hydrogen-bond acceptors (Lipinski definition) is 6. The van der Waals surface area contributed by atoms with Crippen molar-refractivity contribution in [3.63, 3.8) is 0 Å². The summed E-state index contributed by atoms with van der Waals surface area (Å²) in [5, 5.41) is 8.14. The number of carbonyl (C=O) groups excluding carboxylic acids is 1. The molecule has 1 amide bonds. The summed E-state index contributed by atoms with van der Waals surface area (Å²) >= 11 is 4.73. The van der Waals surface area contributed by atoms with Gasteiger partial charge in [-0.1, -0.05) is 72.1 Å². The second-order valence-electron chi connectivity index (χ2n) is 4.86. The lowest BCUT2D eigenvalue weighted by Crippen LogP contribution is -2.35. The normalized spacial score (nSPS) is 12.1. The number of thioether (sulfide) groups is 2. The molecule has 0 radical (unpaired) electrons. The Morgan fingerprint density at radius 1 is 1.22 bits per heavy atom. The number of carbonyl (C=O) groups is 1. The molecule has 0 saturated carbocycles. The van der Waals surface area contributed by atoms with E-state index in [0.29, 0.717) is 13.1 Å². The summed E-state index contributed by atoms with van der Waals surface area (Å²) in [7, 11) is 0. The van der Waals surface area contributed by atoms with Crippen molar-refractivity contribution >= 4 is 40.8 Å². The molecule has 0 aliphatic heterocycles. The number of amides is 1. The molecule has 0 aliphatic rings. The Labute approximate surface area is 150 Å². The molecule has 4 nitrogen and oxygen atoms in total. The van der Waals surface area contributed by atoms with Crippen LogP contribution in [0.2, 0.25) is 0 Å². The average molecular weight is 368 g/mol. The van der Waals surface area contributed by atoms with Crippen molar-refractivity contribution in [3.05, 3.63) is 35.9 Å². The number of hydrogen-bond donors (Lipinski definition) is 0. The summed E-state index contributed by atoms with van der Waals surface area (Å²) in [6.07, 6.45) is 0. The Morgan fingerprint density at radius 3 is 2.57 bits per heavy atom. The fourth-order valence-corrected chi connectivity index (χ4v) is 5.18. The van der Waals surface area contributed by atoms with Gasteiger partial charge in [-0.2, -0.15) is 0 Å². The Kier molecular flexibility index (Phi) is 7.39. The maximum atomic E-state index is 12.7. The lowest BCUT2D eigenvalue weighted by molar-refractivity contribution is -0.130. The quantitative estimate of drug-likeness (QED) is 0.655. The van der Waals surface area contributed by atoms with Crippen molar-refractivity contribution in [2.75, 3.05) is 12.3 Å². The summed E-state index contributed by atoms with van der Waals surface area (Å²) in [6.45, 7) is 7.39. The molecule has 0 spiro atoms. The monoisotopic (exact) mass is 367 g/mol. The van der Waals surface area contributed by atoms with Gasteiger partial charge in [0.05, 0.1) is 5.25 Å². The van der Waals surface area contributed by atoms with Gasteiger partial charge in [0.15, 0.2) is 8.68 Å². The Hall–Kier alpha value is -1.05. The maximum Gasteiger partial charge on any atom is 0.236 e. The molecule has 2 aromatic rings. The van der Waals surface area contributed by atoms with E-state index < -0.39 is 0 Å². The van der Waals surface area contributed by atoms with Gasteiger partial charge < -0.3 is 4.90 Å². The minimum Gasteiger partial charge on any atom is -0.338 e. The third-order valence-corrected chi connectivity index (χ3v) is 6.30. The molecule has 23 heavy (non-hydrogen) atoms. The highest BCUT2D eigenvalue weighted by Crippen LogP contribution is 2.31. The van der Waals surface area contributed by atoms with Gasteiger partial charge in [0.1, 0.15) is 0 Å². The maximum absolute atomic E-state index is 12.7. The van der Waals surface area contributed by atoms with Crippen molar-refractivity contribution in [1.29, 1.82) is 0 Å². The van der Waals surface area contributed by atoms with Crippen molar-refractivity contribution in [2.45, 2.75) is 41.2 Å². The highest BCUT2D eigenvalue weighted by Gasteiger charge is 2.22. The van der Waals surface area contributed by atoms with Crippen LogP contribution in [0.25, 0.3) is 0 Å². The molecule has 0 bridgehead atoms. The van der Waals surface area contributed by atoms with Crippen LogP contribution < -0.4 is 0 Å². The average Bonchev–Trinajstić information content (AvgIpc) is 3.00. The number of nitrogens with zero attached hydrogens (tertiary/aromatic N) is 3. The first-order chi connectivity index (χ1) is 11.1. The van der Waals surface area contributed by atoms with Gasteiger partial charge in [0, 0.05) is 13.1 Å². The first-order valence-corrected chi connectivity index (χ1v) is 10.3. The summed E-state index contributed by atoms with van der Waals surface area (Å²) in [5.41, 5.74) is 1.15. The molecule has 0 saturated heterocycles. The number of aromatic nitrogens is 2. The van der Waals surface area contributed by atoms with Crippen LogP contribution >= 0.6 is 34.9 Å². The van der Waals surface area contributed by atoms with Gasteiger partial charge in [-0.3, -0.25) is 4.79 Å².